The third kappa shape index (κ3) is 5.58. The summed E-state index contributed by atoms with van der Waals surface area (Å²) in [6.45, 7) is 7.45. The monoisotopic (exact) mass is 360 g/mol. The van der Waals surface area contributed by atoms with E-state index in [2.05, 4.69) is 5.32 Å². The lowest BCUT2D eigenvalue weighted by Gasteiger charge is -2.28. The van der Waals surface area contributed by atoms with Crippen LogP contribution in [0, 0.1) is 5.92 Å². The Bertz CT molecular complexity index is 672. The van der Waals surface area contributed by atoms with Crippen molar-refractivity contribution in [3.05, 3.63) is 29.8 Å². The van der Waals surface area contributed by atoms with Crippen LogP contribution in [0.1, 0.15) is 50.9 Å². The zero-order valence-corrected chi connectivity index (χ0v) is 16.2. The number of benzene rings is 1. The first-order valence-electron chi connectivity index (χ1n) is 8.93. The quantitative estimate of drug-likeness (QED) is 0.810. The SMILES string of the molecule is CC(C(=O)NC(C)(C)C)N(C)C(=O)c1ccc(OCC(=O)C2CC2)cc1. The van der Waals surface area contributed by atoms with Gasteiger partial charge in [0.15, 0.2) is 5.78 Å². The number of ether oxygens (including phenoxy) is 1. The van der Waals surface area contributed by atoms with Crippen molar-refractivity contribution in [2.45, 2.75) is 52.1 Å². The first-order chi connectivity index (χ1) is 12.1. The van der Waals surface area contributed by atoms with Gasteiger partial charge >= 0.3 is 0 Å². The Morgan fingerprint density at radius 2 is 1.77 bits per heavy atom. The highest BCUT2D eigenvalue weighted by atomic mass is 16.5. The third-order valence-corrected chi connectivity index (χ3v) is 4.29. The fraction of sp³-hybridized carbons (Fsp3) is 0.550. The molecule has 1 aliphatic rings. The summed E-state index contributed by atoms with van der Waals surface area (Å²) in [5.74, 6) is 0.402. The molecule has 1 N–H and O–H groups in total. The molecule has 0 aromatic heterocycles. The van der Waals surface area contributed by atoms with E-state index in [0.717, 1.165) is 12.8 Å². The van der Waals surface area contributed by atoms with E-state index in [4.69, 9.17) is 4.74 Å². The second-order valence-corrected chi connectivity index (χ2v) is 7.88. The van der Waals surface area contributed by atoms with Crippen LogP contribution in [0.5, 0.6) is 5.75 Å². The van der Waals surface area contributed by atoms with Crippen molar-refractivity contribution in [3.8, 4) is 5.75 Å². The molecule has 6 heteroatoms. The minimum absolute atomic E-state index is 0.0713. The molecule has 0 saturated heterocycles. The van der Waals surface area contributed by atoms with Crippen LogP contribution in [0.4, 0.5) is 0 Å². The highest BCUT2D eigenvalue weighted by Gasteiger charge is 2.29. The second-order valence-electron chi connectivity index (χ2n) is 7.88. The molecule has 1 aromatic carbocycles. The first kappa shape index (κ1) is 19.9. The number of hydrogen-bond acceptors (Lipinski definition) is 4. The maximum Gasteiger partial charge on any atom is 0.254 e. The largest absolute Gasteiger partial charge is 0.486 e. The molecule has 1 fully saturated rings. The zero-order valence-electron chi connectivity index (χ0n) is 16.2. The summed E-state index contributed by atoms with van der Waals surface area (Å²) < 4.78 is 5.47. The normalized spacial score (nSPS) is 15.1. The highest BCUT2D eigenvalue weighted by molar-refractivity contribution is 5.97. The van der Waals surface area contributed by atoms with Crippen molar-refractivity contribution in [1.29, 1.82) is 0 Å². The molecule has 1 atom stereocenters. The number of rotatable bonds is 7. The van der Waals surface area contributed by atoms with E-state index in [1.807, 2.05) is 20.8 Å². The first-order valence-corrected chi connectivity index (χ1v) is 8.93. The zero-order chi connectivity index (χ0) is 19.5. The van der Waals surface area contributed by atoms with Gasteiger partial charge in [-0.25, -0.2) is 0 Å². The minimum Gasteiger partial charge on any atom is -0.486 e. The average molecular weight is 360 g/mol. The van der Waals surface area contributed by atoms with Crippen LogP contribution < -0.4 is 10.1 Å². The van der Waals surface area contributed by atoms with Gasteiger partial charge in [-0.15, -0.1) is 0 Å². The van der Waals surface area contributed by atoms with Crippen molar-refractivity contribution in [1.82, 2.24) is 10.2 Å². The Kier molecular flexibility index (Phi) is 6.05. The van der Waals surface area contributed by atoms with Crippen LogP contribution in [0.2, 0.25) is 0 Å². The van der Waals surface area contributed by atoms with Crippen LogP contribution in [-0.2, 0) is 9.59 Å². The number of nitrogens with one attached hydrogen (secondary N) is 1. The molecule has 142 valence electrons. The standard InChI is InChI=1S/C20H28N2O4/c1-13(18(24)21-20(2,3)4)22(5)19(25)15-8-10-16(11-9-15)26-12-17(23)14-6-7-14/h8-11,13-14H,6-7,12H2,1-5H3,(H,21,24). The van der Waals surface area contributed by atoms with Gasteiger partial charge < -0.3 is 15.0 Å². The van der Waals surface area contributed by atoms with Gasteiger partial charge in [-0.1, -0.05) is 0 Å². The molecular formula is C20H28N2O4. The summed E-state index contributed by atoms with van der Waals surface area (Å²) in [6, 6.07) is 6.03. The number of hydrogen-bond donors (Lipinski definition) is 1. The number of nitrogens with zero attached hydrogens (tertiary/aromatic N) is 1. The molecule has 2 amide bonds. The summed E-state index contributed by atoms with van der Waals surface area (Å²) in [5, 5.41) is 2.87. The van der Waals surface area contributed by atoms with Gasteiger partial charge in [0.2, 0.25) is 5.91 Å². The molecule has 1 unspecified atom stereocenters. The van der Waals surface area contributed by atoms with Gasteiger partial charge in [0.25, 0.3) is 5.91 Å². The second kappa shape index (κ2) is 7.89. The van der Waals surface area contributed by atoms with E-state index in [9.17, 15) is 14.4 Å². The average Bonchev–Trinajstić information content (AvgIpc) is 3.41. The van der Waals surface area contributed by atoms with Crippen molar-refractivity contribution in [2.24, 2.45) is 5.92 Å². The summed E-state index contributed by atoms with van der Waals surface area (Å²) in [6.07, 6.45) is 1.92. The smallest absolute Gasteiger partial charge is 0.254 e. The fourth-order valence-electron chi connectivity index (χ4n) is 2.40. The summed E-state index contributed by atoms with van der Waals surface area (Å²) >= 11 is 0. The molecule has 1 aliphatic carbocycles. The van der Waals surface area contributed by atoms with Gasteiger partial charge in [0, 0.05) is 24.1 Å². The summed E-state index contributed by atoms with van der Waals surface area (Å²) in [7, 11) is 1.61. The molecule has 1 aromatic rings. The fourth-order valence-corrected chi connectivity index (χ4v) is 2.40. The van der Waals surface area contributed by atoms with Crippen LogP contribution in [0.25, 0.3) is 0 Å². The van der Waals surface area contributed by atoms with E-state index < -0.39 is 6.04 Å². The molecule has 0 aliphatic heterocycles. The molecule has 0 heterocycles. The Labute approximate surface area is 154 Å². The van der Waals surface area contributed by atoms with E-state index >= 15 is 0 Å². The minimum atomic E-state index is -0.589. The topological polar surface area (TPSA) is 75.7 Å². The van der Waals surface area contributed by atoms with E-state index in [0.29, 0.717) is 11.3 Å². The molecule has 0 spiro atoms. The van der Waals surface area contributed by atoms with Crippen LogP contribution >= 0.6 is 0 Å². The lowest BCUT2D eigenvalue weighted by Crippen LogP contribution is -2.51. The van der Waals surface area contributed by atoms with Crippen LogP contribution in [-0.4, -0.2) is 47.7 Å². The van der Waals surface area contributed by atoms with Crippen LogP contribution in [0.3, 0.4) is 0 Å². The Morgan fingerprint density at radius 3 is 2.27 bits per heavy atom. The van der Waals surface area contributed by atoms with E-state index in [1.54, 1.807) is 38.2 Å². The van der Waals surface area contributed by atoms with Crippen molar-refractivity contribution in [2.75, 3.05) is 13.7 Å². The van der Waals surface area contributed by atoms with E-state index in [1.165, 1.54) is 4.90 Å². The summed E-state index contributed by atoms with van der Waals surface area (Å²) in [5.41, 5.74) is 0.107. The number of carbonyl (C=O) groups excluding carboxylic acids is 3. The Morgan fingerprint density at radius 1 is 1.19 bits per heavy atom. The van der Waals surface area contributed by atoms with E-state index in [-0.39, 0.29) is 35.7 Å². The van der Waals surface area contributed by atoms with Gasteiger partial charge in [-0.05, 0) is 64.8 Å². The van der Waals surface area contributed by atoms with Gasteiger partial charge in [-0.2, -0.15) is 0 Å². The van der Waals surface area contributed by atoms with Crippen molar-refractivity contribution < 1.29 is 19.1 Å². The number of Topliss-reactive ketones (excluding diaryl/α,β-unsaturated/α-hetero) is 1. The Hall–Kier alpha value is -2.37. The molecule has 0 bridgehead atoms. The molecular weight excluding hydrogens is 332 g/mol. The van der Waals surface area contributed by atoms with Crippen molar-refractivity contribution >= 4 is 17.6 Å². The predicted octanol–water partition coefficient (Wildman–Crippen LogP) is 2.42. The lowest BCUT2D eigenvalue weighted by molar-refractivity contribution is -0.126. The lowest BCUT2D eigenvalue weighted by atomic mass is 10.1. The van der Waals surface area contributed by atoms with Gasteiger partial charge in [-0.3, -0.25) is 14.4 Å². The maximum atomic E-state index is 12.6. The molecule has 0 radical (unpaired) electrons. The number of ketones is 1. The number of carbonyl (C=O) groups is 3. The molecule has 26 heavy (non-hydrogen) atoms. The third-order valence-electron chi connectivity index (χ3n) is 4.29. The van der Waals surface area contributed by atoms with Gasteiger partial charge in [0.1, 0.15) is 18.4 Å². The Balaban J connectivity index is 1.93. The van der Waals surface area contributed by atoms with Crippen molar-refractivity contribution in [3.63, 3.8) is 0 Å². The number of likely N-dealkylation sites (N-methyl/N-ethyl adjacent to an activating group) is 1. The number of amides is 2. The maximum absolute atomic E-state index is 12.6. The highest BCUT2D eigenvalue weighted by Crippen LogP contribution is 2.29. The van der Waals surface area contributed by atoms with Crippen LogP contribution in [0.15, 0.2) is 24.3 Å². The molecule has 6 nitrogen and oxygen atoms in total. The summed E-state index contributed by atoms with van der Waals surface area (Å²) in [4.78, 5) is 37.9. The predicted molar refractivity (Wildman–Crippen MR) is 99.1 cm³/mol. The molecule has 1 saturated carbocycles. The van der Waals surface area contributed by atoms with Gasteiger partial charge in [0.05, 0.1) is 0 Å². The molecule has 2 rings (SSSR count).